The molecule has 0 saturated carbocycles. The van der Waals surface area contributed by atoms with Crippen molar-refractivity contribution in [3.05, 3.63) is 12.3 Å². The Labute approximate surface area is 37.1 Å². The van der Waals surface area contributed by atoms with Gasteiger partial charge >= 0.3 is 0 Å². The van der Waals surface area contributed by atoms with E-state index in [9.17, 15) is 0 Å². The molecular formula is C4H8O2. The summed E-state index contributed by atoms with van der Waals surface area (Å²) in [6.45, 7) is 3.75. The van der Waals surface area contributed by atoms with E-state index in [4.69, 9.17) is 9.90 Å². The average Bonchev–Trinajstić information content (AvgIpc) is 1.72. The van der Waals surface area contributed by atoms with E-state index < -0.39 is 0 Å². The van der Waals surface area contributed by atoms with E-state index in [1.54, 1.807) is 13.0 Å². The summed E-state index contributed by atoms with van der Waals surface area (Å²) in [5, 5.41) is 7.69. The number of aliphatic hydroxyl groups is 1. The number of rotatable bonds is 0. The van der Waals surface area contributed by atoms with Gasteiger partial charge < -0.3 is 9.90 Å². The molecule has 0 aliphatic rings. The fraction of sp³-hybridized carbons (Fsp3) is 0.250. The largest absolute Gasteiger partial charge is 0.516 e. The quantitative estimate of drug-likeness (QED) is 0.446. The summed E-state index contributed by atoms with van der Waals surface area (Å²) in [5.74, 6) is 0. The zero-order valence-electron chi connectivity index (χ0n) is 3.72. The van der Waals surface area contributed by atoms with Crippen LogP contribution in [0.3, 0.4) is 0 Å². The Morgan fingerprint density at radius 1 is 1.67 bits per heavy atom. The van der Waals surface area contributed by atoms with E-state index in [0.29, 0.717) is 0 Å². The van der Waals surface area contributed by atoms with Gasteiger partial charge in [-0.2, -0.15) is 0 Å². The minimum absolute atomic E-state index is 1.00. The lowest BCUT2D eigenvalue weighted by Gasteiger charge is -1.53. The van der Waals surface area contributed by atoms with Crippen LogP contribution in [0.4, 0.5) is 0 Å². The molecule has 0 aromatic rings. The van der Waals surface area contributed by atoms with Gasteiger partial charge in [-0.1, -0.05) is 6.08 Å². The maximum Gasteiger partial charge on any atom is 0.106 e. The number of hydrogen-bond acceptors (Lipinski definition) is 2. The zero-order chi connectivity index (χ0) is 5.41. The summed E-state index contributed by atoms with van der Waals surface area (Å²) >= 11 is 0. The Morgan fingerprint density at radius 3 is 1.83 bits per heavy atom. The van der Waals surface area contributed by atoms with Crippen molar-refractivity contribution in [2.75, 3.05) is 0 Å². The summed E-state index contributed by atoms with van der Waals surface area (Å²) < 4.78 is 0. The topological polar surface area (TPSA) is 37.3 Å². The van der Waals surface area contributed by atoms with Crippen LogP contribution < -0.4 is 0 Å². The average molecular weight is 88.1 g/mol. The Kier molecular flexibility index (Phi) is 44.3. The highest BCUT2D eigenvalue weighted by molar-refractivity contribution is 5.10. The van der Waals surface area contributed by atoms with E-state index >= 15 is 0 Å². The molecule has 2 heteroatoms. The number of carbonyl (C=O) groups is 1. The van der Waals surface area contributed by atoms with Crippen LogP contribution in [0.1, 0.15) is 6.92 Å². The third-order valence-electron chi connectivity index (χ3n) is 0.149. The van der Waals surface area contributed by atoms with E-state index in [1.165, 1.54) is 0 Å². The fourth-order valence-electron chi connectivity index (χ4n) is 0. The lowest BCUT2D eigenvalue weighted by molar-refractivity contribution is -0.0979. The van der Waals surface area contributed by atoms with Crippen molar-refractivity contribution < 1.29 is 9.90 Å². The molecule has 0 amide bonds. The number of carbonyl (C=O) groups excluding carboxylic acids is 1. The number of aliphatic hydroxyl groups excluding tert-OH is 1. The lowest BCUT2D eigenvalue weighted by Crippen LogP contribution is -1.36. The molecule has 2 nitrogen and oxygen atoms in total. The maximum atomic E-state index is 8.00. The molecule has 0 unspecified atom stereocenters. The minimum Gasteiger partial charge on any atom is -0.516 e. The Hall–Kier alpha value is -0.790. The lowest BCUT2D eigenvalue weighted by atomic mass is 10.8. The van der Waals surface area contributed by atoms with Crippen LogP contribution in [0.25, 0.3) is 0 Å². The maximum absolute atomic E-state index is 8.00. The van der Waals surface area contributed by atoms with Gasteiger partial charge in [0.2, 0.25) is 0 Å². The van der Waals surface area contributed by atoms with Gasteiger partial charge in [0.25, 0.3) is 0 Å². The molecular weight excluding hydrogens is 80.0 g/mol. The molecule has 0 saturated heterocycles. The smallest absolute Gasteiger partial charge is 0.106 e. The summed E-state index contributed by atoms with van der Waals surface area (Å²) in [6, 6.07) is 0. The van der Waals surface area contributed by atoms with E-state index in [1.807, 2.05) is 6.79 Å². The molecule has 0 aliphatic heterocycles. The second-order valence-electron chi connectivity index (χ2n) is 0.482. The first-order chi connectivity index (χ1) is 2.91. The summed E-state index contributed by atoms with van der Waals surface area (Å²) in [5.41, 5.74) is 0. The molecule has 6 heavy (non-hydrogen) atoms. The first kappa shape index (κ1) is 8.96. The SMILES string of the molecule is C/C=C/O.C=O. The van der Waals surface area contributed by atoms with Crippen LogP contribution in [-0.4, -0.2) is 11.9 Å². The van der Waals surface area contributed by atoms with Crippen LogP contribution in [0, 0.1) is 0 Å². The highest BCUT2D eigenvalue weighted by Crippen LogP contribution is 1.51. The molecule has 0 aliphatic carbocycles. The standard InChI is InChI=1S/C3H6O.CH2O/c1-2-3-4;1-2/h2-4H,1H3;1H2/b3-2+;. The van der Waals surface area contributed by atoms with Gasteiger partial charge in [0.1, 0.15) is 6.79 Å². The molecule has 0 spiro atoms. The Bertz CT molecular complexity index is 28.5. The van der Waals surface area contributed by atoms with Crippen molar-refractivity contribution in [3.8, 4) is 0 Å². The third kappa shape index (κ3) is 356. The highest BCUT2D eigenvalue weighted by atomic mass is 16.2. The predicted molar refractivity (Wildman–Crippen MR) is 24.6 cm³/mol. The van der Waals surface area contributed by atoms with Crippen molar-refractivity contribution in [1.29, 1.82) is 0 Å². The highest BCUT2D eigenvalue weighted by Gasteiger charge is 1.35. The van der Waals surface area contributed by atoms with Gasteiger partial charge in [0.15, 0.2) is 0 Å². The number of hydrogen-bond donors (Lipinski definition) is 1. The summed E-state index contributed by atoms with van der Waals surface area (Å²) in [7, 11) is 0. The second-order valence-corrected chi connectivity index (χ2v) is 0.482. The van der Waals surface area contributed by atoms with E-state index in [2.05, 4.69) is 0 Å². The molecule has 0 heterocycles. The number of allylic oxidation sites excluding steroid dienone is 1. The van der Waals surface area contributed by atoms with Crippen molar-refractivity contribution in [2.45, 2.75) is 6.92 Å². The summed E-state index contributed by atoms with van der Waals surface area (Å²) in [4.78, 5) is 8.00. The van der Waals surface area contributed by atoms with E-state index in [-0.39, 0.29) is 0 Å². The Balaban J connectivity index is 0. The van der Waals surface area contributed by atoms with Crippen molar-refractivity contribution in [1.82, 2.24) is 0 Å². The molecule has 0 radical (unpaired) electrons. The van der Waals surface area contributed by atoms with Crippen LogP contribution in [0.5, 0.6) is 0 Å². The van der Waals surface area contributed by atoms with Crippen molar-refractivity contribution >= 4 is 6.79 Å². The van der Waals surface area contributed by atoms with Crippen LogP contribution in [0.2, 0.25) is 0 Å². The molecule has 0 atom stereocenters. The molecule has 0 fully saturated rings. The van der Waals surface area contributed by atoms with E-state index in [0.717, 1.165) is 6.26 Å². The van der Waals surface area contributed by atoms with Crippen LogP contribution in [0.15, 0.2) is 12.3 Å². The molecule has 36 valence electrons. The zero-order valence-corrected chi connectivity index (χ0v) is 3.72. The molecule has 0 aromatic heterocycles. The van der Waals surface area contributed by atoms with Gasteiger partial charge in [0, 0.05) is 0 Å². The summed E-state index contributed by atoms with van der Waals surface area (Å²) in [6.07, 6.45) is 2.56. The van der Waals surface area contributed by atoms with Crippen molar-refractivity contribution in [3.63, 3.8) is 0 Å². The fourth-order valence-corrected chi connectivity index (χ4v) is 0. The third-order valence-corrected chi connectivity index (χ3v) is 0.149. The second kappa shape index (κ2) is 29.6. The normalized spacial score (nSPS) is 6.83. The van der Waals surface area contributed by atoms with Gasteiger partial charge in [-0.05, 0) is 6.92 Å². The first-order valence-corrected chi connectivity index (χ1v) is 1.46. The molecule has 0 rings (SSSR count). The van der Waals surface area contributed by atoms with Crippen LogP contribution >= 0.6 is 0 Å². The minimum atomic E-state index is 1.00. The van der Waals surface area contributed by atoms with Gasteiger partial charge in [-0.15, -0.1) is 0 Å². The van der Waals surface area contributed by atoms with Gasteiger partial charge in [-0.3, -0.25) is 0 Å². The predicted octanol–water partition coefficient (Wildman–Crippen LogP) is 0.893. The first-order valence-electron chi connectivity index (χ1n) is 1.46. The molecule has 0 bridgehead atoms. The van der Waals surface area contributed by atoms with Crippen molar-refractivity contribution in [2.24, 2.45) is 0 Å². The monoisotopic (exact) mass is 88.1 g/mol. The Morgan fingerprint density at radius 2 is 1.83 bits per heavy atom. The van der Waals surface area contributed by atoms with Gasteiger partial charge in [-0.25, -0.2) is 0 Å². The molecule has 1 N–H and O–H groups in total. The van der Waals surface area contributed by atoms with Gasteiger partial charge in [0.05, 0.1) is 6.26 Å². The van der Waals surface area contributed by atoms with Crippen LogP contribution in [-0.2, 0) is 4.79 Å². The molecule has 0 aromatic carbocycles.